The van der Waals surface area contributed by atoms with Gasteiger partial charge >= 0.3 is 0 Å². The molecule has 3 nitrogen and oxygen atoms in total. The Kier molecular flexibility index (Phi) is 7.76. The zero-order chi connectivity index (χ0) is 15.7. The number of hydrogen-bond acceptors (Lipinski definition) is 3. The average Bonchev–Trinajstić information content (AvgIpc) is 2.46. The molecule has 0 aliphatic carbocycles. The van der Waals surface area contributed by atoms with Gasteiger partial charge < -0.3 is 14.9 Å². The molecule has 1 aromatic rings. The minimum absolute atomic E-state index is 0.308. The Morgan fingerprint density at radius 2 is 1.81 bits per heavy atom. The van der Waals surface area contributed by atoms with Gasteiger partial charge in [-0.2, -0.15) is 0 Å². The monoisotopic (exact) mass is 294 g/mol. The summed E-state index contributed by atoms with van der Waals surface area (Å²) in [5.74, 6) is 0.765. The van der Waals surface area contributed by atoms with Gasteiger partial charge in [-0.3, -0.25) is 0 Å². The van der Waals surface area contributed by atoms with Gasteiger partial charge in [0.1, 0.15) is 12.4 Å². The fraction of sp³-hybridized carbons (Fsp3) is 0.667. The van der Waals surface area contributed by atoms with E-state index >= 15 is 0 Å². The maximum atomic E-state index is 10.6. The van der Waals surface area contributed by atoms with Crippen LogP contribution < -0.4 is 4.74 Å². The van der Waals surface area contributed by atoms with Crippen LogP contribution in [0.15, 0.2) is 24.3 Å². The maximum absolute atomic E-state index is 10.6. The Hall–Kier alpha value is -1.06. The molecule has 0 fully saturated rings. The van der Waals surface area contributed by atoms with E-state index in [1.54, 1.807) is 0 Å². The van der Waals surface area contributed by atoms with E-state index < -0.39 is 5.60 Å². The van der Waals surface area contributed by atoms with E-state index in [2.05, 4.69) is 13.8 Å². The summed E-state index contributed by atoms with van der Waals surface area (Å²) in [6, 6.07) is 7.79. The molecule has 3 heteroatoms. The average molecular weight is 294 g/mol. The zero-order valence-electron chi connectivity index (χ0n) is 13.6. The van der Waals surface area contributed by atoms with E-state index in [9.17, 15) is 10.2 Å². The van der Waals surface area contributed by atoms with Gasteiger partial charge in [-0.15, -0.1) is 0 Å². The van der Waals surface area contributed by atoms with E-state index in [4.69, 9.17) is 4.74 Å². The summed E-state index contributed by atoms with van der Waals surface area (Å²) in [4.78, 5) is 0. The molecule has 0 saturated heterocycles. The highest BCUT2D eigenvalue weighted by Crippen LogP contribution is 2.22. The number of benzene rings is 1. The summed E-state index contributed by atoms with van der Waals surface area (Å²) >= 11 is 0. The van der Waals surface area contributed by atoms with Crippen molar-refractivity contribution < 1.29 is 14.9 Å². The first kappa shape index (κ1) is 18.0. The van der Waals surface area contributed by atoms with E-state index in [-0.39, 0.29) is 6.10 Å². The topological polar surface area (TPSA) is 49.7 Å². The maximum Gasteiger partial charge on any atom is 0.119 e. The lowest BCUT2D eigenvalue weighted by atomic mass is 9.94. The molecule has 0 aromatic heterocycles. The largest absolute Gasteiger partial charge is 0.491 e. The van der Waals surface area contributed by atoms with Crippen LogP contribution in [0.3, 0.4) is 0 Å². The van der Waals surface area contributed by atoms with Crippen molar-refractivity contribution in [2.45, 2.75) is 71.0 Å². The second-order valence-corrected chi connectivity index (χ2v) is 5.93. The van der Waals surface area contributed by atoms with Gasteiger partial charge in [0.25, 0.3) is 0 Å². The highest BCUT2D eigenvalue weighted by molar-refractivity contribution is 5.29. The van der Waals surface area contributed by atoms with Crippen LogP contribution in [0.1, 0.15) is 58.4 Å². The molecule has 21 heavy (non-hydrogen) atoms. The molecule has 0 aliphatic rings. The smallest absolute Gasteiger partial charge is 0.119 e. The second kappa shape index (κ2) is 9.06. The van der Waals surface area contributed by atoms with Gasteiger partial charge in [-0.05, 0) is 43.4 Å². The molecule has 1 rings (SSSR count). The fourth-order valence-electron chi connectivity index (χ4n) is 2.60. The first-order valence-corrected chi connectivity index (χ1v) is 8.15. The van der Waals surface area contributed by atoms with Crippen molar-refractivity contribution in [3.05, 3.63) is 29.8 Å². The van der Waals surface area contributed by atoms with Gasteiger partial charge in [0.05, 0.1) is 11.7 Å². The molecule has 0 radical (unpaired) electrons. The molecule has 2 N–H and O–H groups in total. The van der Waals surface area contributed by atoms with E-state index in [0.717, 1.165) is 43.4 Å². The van der Waals surface area contributed by atoms with Crippen LogP contribution in [-0.4, -0.2) is 28.5 Å². The van der Waals surface area contributed by atoms with Crippen LogP contribution in [-0.2, 0) is 6.42 Å². The van der Waals surface area contributed by atoms with Crippen molar-refractivity contribution in [2.75, 3.05) is 6.61 Å². The number of ether oxygens (including phenoxy) is 1. The van der Waals surface area contributed by atoms with Crippen LogP contribution in [0.25, 0.3) is 0 Å². The molecule has 0 aliphatic heterocycles. The third kappa shape index (κ3) is 6.49. The minimum Gasteiger partial charge on any atom is -0.491 e. The molecule has 0 heterocycles. The van der Waals surface area contributed by atoms with Gasteiger partial charge in [0, 0.05) is 0 Å². The zero-order valence-corrected chi connectivity index (χ0v) is 13.6. The Balaban J connectivity index is 2.63. The summed E-state index contributed by atoms with van der Waals surface area (Å²) in [5, 5.41) is 20.3. The summed E-state index contributed by atoms with van der Waals surface area (Å²) in [5.41, 5.74) is 0.332. The summed E-state index contributed by atoms with van der Waals surface area (Å²) < 4.78 is 5.80. The molecular weight excluding hydrogens is 264 g/mol. The highest BCUT2D eigenvalue weighted by Gasteiger charge is 2.25. The summed E-state index contributed by atoms with van der Waals surface area (Å²) in [7, 11) is 0. The van der Waals surface area contributed by atoms with Gasteiger partial charge in [0.15, 0.2) is 0 Å². The van der Waals surface area contributed by atoms with Crippen molar-refractivity contribution in [1.29, 1.82) is 0 Å². The first-order chi connectivity index (χ1) is 10.0. The Bertz CT molecular complexity index is 397. The second-order valence-electron chi connectivity index (χ2n) is 5.93. The predicted molar refractivity (Wildman–Crippen MR) is 86.7 cm³/mol. The van der Waals surface area contributed by atoms with Crippen LogP contribution >= 0.6 is 0 Å². The number of aliphatic hydroxyl groups excluding tert-OH is 1. The van der Waals surface area contributed by atoms with E-state index in [1.807, 2.05) is 31.2 Å². The van der Waals surface area contributed by atoms with Gasteiger partial charge in [-0.25, -0.2) is 0 Å². The Morgan fingerprint density at radius 1 is 1.14 bits per heavy atom. The van der Waals surface area contributed by atoms with Crippen LogP contribution in [0.5, 0.6) is 5.75 Å². The van der Waals surface area contributed by atoms with Crippen LogP contribution in [0.4, 0.5) is 0 Å². The Labute approximate surface area is 129 Å². The molecule has 0 amide bonds. The molecule has 1 atom stereocenters. The highest BCUT2D eigenvalue weighted by atomic mass is 16.5. The first-order valence-electron chi connectivity index (χ1n) is 8.15. The molecule has 0 spiro atoms. The van der Waals surface area contributed by atoms with Gasteiger partial charge in [0.2, 0.25) is 0 Å². The lowest BCUT2D eigenvalue weighted by molar-refractivity contribution is -0.0202. The third-order valence-corrected chi connectivity index (χ3v) is 3.78. The van der Waals surface area contributed by atoms with Crippen molar-refractivity contribution in [1.82, 2.24) is 0 Å². The fourth-order valence-corrected chi connectivity index (χ4v) is 2.60. The van der Waals surface area contributed by atoms with Crippen LogP contribution in [0, 0.1) is 0 Å². The summed E-state index contributed by atoms with van der Waals surface area (Å²) in [6.45, 7) is 6.45. The standard InChI is InChI=1S/C18H30O3/c1-4-10-18(20,11-5-2)14-21-17-9-7-8-15(13-17)12-16(19)6-3/h7-9,13,16,19-20H,4-6,10-12,14H2,1-3H3. The van der Waals surface area contributed by atoms with Crippen LogP contribution in [0.2, 0.25) is 0 Å². The molecule has 120 valence electrons. The van der Waals surface area contributed by atoms with Crippen molar-refractivity contribution in [2.24, 2.45) is 0 Å². The quantitative estimate of drug-likeness (QED) is 0.691. The normalized spacial score (nSPS) is 13.2. The van der Waals surface area contributed by atoms with Gasteiger partial charge in [-0.1, -0.05) is 45.7 Å². The SMILES string of the molecule is CCCC(O)(CCC)COc1cccc(CC(O)CC)c1. The minimum atomic E-state index is -0.734. The molecule has 1 aromatic carbocycles. The summed E-state index contributed by atoms with van der Waals surface area (Å²) in [6.07, 6.45) is 4.49. The molecule has 0 bridgehead atoms. The molecule has 0 saturated carbocycles. The molecular formula is C18H30O3. The van der Waals surface area contributed by atoms with E-state index in [0.29, 0.717) is 13.0 Å². The van der Waals surface area contributed by atoms with Crippen molar-refractivity contribution in [3.63, 3.8) is 0 Å². The molecule has 1 unspecified atom stereocenters. The Morgan fingerprint density at radius 3 is 2.38 bits per heavy atom. The lowest BCUT2D eigenvalue weighted by Gasteiger charge is -2.27. The lowest BCUT2D eigenvalue weighted by Crippen LogP contribution is -2.35. The van der Waals surface area contributed by atoms with Crippen molar-refractivity contribution >= 4 is 0 Å². The number of rotatable bonds is 10. The predicted octanol–water partition coefficient (Wildman–Crippen LogP) is 3.71. The third-order valence-electron chi connectivity index (χ3n) is 3.78. The van der Waals surface area contributed by atoms with E-state index in [1.165, 1.54) is 0 Å². The van der Waals surface area contributed by atoms with Crippen molar-refractivity contribution in [3.8, 4) is 5.75 Å². The number of aliphatic hydroxyl groups is 2. The number of hydrogen-bond donors (Lipinski definition) is 2.